The van der Waals surface area contributed by atoms with Gasteiger partial charge in [-0.15, -0.1) is 0 Å². The third-order valence-corrected chi connectivity index (χ3v) is 2.45. The van der Waals surface area contributed by atoms with Crippen LogP contribution in [0.2, 0.25) is 0 Å². The second-order valence-electron chi connectivity index (χ2n) is 4.06. The first-order valence-electron chi connectivity index (χ1n) is 6.04. The normalized spacial score (nSPS) is 11.8. The Morgan fingerprint density at radius 2 is 1.95 bits per heavy atom. The van der Waals surface area contributed by atoms with Gasteiger partial charge in [0.05, 0.1) is 13.2 Å². The van der Waals surface area contributed by atoms with Gasteiger partial charge in [-0.25, -0.2) is 0 Å². The molecule has 1 aromatic carbocycles. The van der Waals surface area contributed by atoms with E-state index in [9.17, 15) is 9.59 Å². The highest BCUT2D eigenvalue weighted by Gasteiger charge is 2.17. The summed E-state index contributed by atoms with van der Waals surface area (Å²) in [5.74, 6) is -0.937. The number of carbonyl (C=O) groups excluding carboxylic acids is 2. The molecule has 0 aromatic heterocycles. The second kappa shape index (κ2) is 8.23. The Morgan fingerprint density at radius 1 is 1.26 bits per heavy atom. The van der Waals surface area contributed by atoms with Crippen LogP contribution in [0.25, 0.3) is 0 Å². The zero-order chi connectivity index (χ0) is 14.1. The van der Waals surface area contributed by atoms with Crippen molar-refractivity contribution >= 4 is 11.8 Å². The summed E-state index contributed by atoms with van der Waals surface area (Å²) in [5.41, 5.74) is 11.4. The highest BCUT2D eigenvalue weighted by atomic mass is 16.5. The van der Waals surface area contributed by atoms with Crippen molar-refractivity contribution in [1.29, 1.82) is 0 Å². The lowest BCUT2D eigenvalue weighted by Crippen LogP contribution is -2.47. The SMILES string of the molecule is NCCC(=O)N[C@@H](COCc1ccccc1)C(N)=O. The molecular weight excluding hydrogens is 246 g/mol. The minimum Gasteiger partial charge on any atom is -0.374 e. The Balaban J connectivity index is 2.38. The van der Waals surface area contributed by atoms with E-state index in [1.165, 1.54) is 0 Å². The third-order valence-electron chi connectivity index (χ3n) is 2.45. The van der Waals surface area contributed by atoms with E-state index in [0.29, 0.717) is 6.61 Å². The van der Waals surface area contributed by atoms with Gasteiger partial charge in [0, 0.05) is 13.0 Å². The number of nitrogens with two attached hydrogens (primary N) is 2. The van der Waals surface area contributed by atoms with Crippen molar-refractivity contribution in [2.45, 2.75) is 19.1 Å². The lowest BCUT2D eigenvalue weighted by molar-refractivity contribution is -0.128. The first kappa shape index (κ1) is 15.1. The fourth-order valence-corrected chi connectivity index (χ4v) is 1.46. The first-order chi connectivity index (χ1) is 9.13. The Labute approximate surface area is 112 Å². The molecule has 2 amide bonds. The maximum absolute atomic E-state index is 11.3. The van der Waals surface area contributed by atoms with Crippen molar-refractivity contribution in [3.63, 3.8) is 0 Å². The van der Waals surface area contributed by atoms with Crippen LogP contribution in [0.15, 0.2) is 30.3 Å². The Hall–Kier alpha value is -1.92. The lowest BCUT2D eigenvalue weighted by atomic mass is 10.2. The van der Waals surface area contributed by atoms with Crippen LogP contribution < -0.4 is 16.8 Å². The molecule has 1 rings (SSSR count). The van der Waals surface area contributed by atoms with Gasteiger partial charge in [-0.2, -0.15) is 0 Å². The molecule has 0 unspecified atom stereocenters. The fraction of sp³-hybridized carbons (Fsp3) is 0.385. The zero-order valence-electron chi connectivity index (χ0n) is 10.7. The van der Waals surface area contributed by atoms with Crippen molar-refractivity contribution in [2.24, 2.45) is 11.5 Å². The average Bonchev–Trinajstić information content (AvgIpc) is 2.39. The van der Waals surface area contributed by atoms with E-state index < -0.39 is 11.9 Å². The summed E-state index contributed by atoms with van der Waals surface area (Å²) in [6.45, 7) is 0.625. The van der Waals surface area contributed by atoms with Gasteiger partial charge in [0.2, 0.25) is 11.8 Å². The number of nitrogens with one attached hydrogen (secondary N) is 1. The number of ether oxygens (including phenoxy) is 1. The van der Waals surface area contributed by atoms with E-state index in [0.717, 1.165) is 5.56 Å². The molecule has 0 bridgehead atoms. The van der Waals surface area contributed by atoms with Crippen LogP contribution >= 0.6 is 0 Å². The topological polar surface area (TPSA) is 107 Å². The smallest absolute Gasteiger partial charge is 0.242 e. The molecule has 5 N–H and O–H groups in total. The number of benzene rings is 1. The number of amides is 2. The maximum Gasteiger partial charge on any atom is 0.242 e. The molecule has 1 atom stereocenters. The molecule has 104 valence electrons. The largest absolute Gasteiger partial charge is 0.374 e. The van der Waals surface area contributed by atoms with Gasteiger partial charge in [0.15, 0.2) is 0 Å². The maximum atomic E-state index is 11.3. The Kier molecular flexibility index (Phi) is 6.56. The summed E-state index contributed by atoms with van der Waals surface area (Å²) in [4.78, 5) is 22.5. The summed E-state index contributed by atoms with van der Waals surface area (Å²) >= 11 is 0. The van der Waals surface area contributed by atoms with Crippen LogP contribution in [0.5, 0.6) is 0 Å². The van der Waals surface area contributed by atoms with Gasteiger partial charge >= 0.3 is 0 Å². The Bertz CT molecular complexity index is 409. The monoisotopic (exact) mass is 265 g/mol. The van der Waals surface area contributed by atoms with Crippen LogP contribution in [0.3, 0.4) is 0 Å². The summed E-state index contributed by atoms with van der Waals surface area (Å²) in [6, 6.07) is 8.68. The van der Waals surface area contributed by atoms with Crippen LogP contribution in [-0.4, -0.2) is 31.0 Å². The number of hydrogen-bond donors (Lipinski definition) is 3. The van der Waals surface area contributed by atoms with Crippen molar-refractivity contribution in [3.05, 3.63) is 35.9 Å². The van der Waals surface area contributed by atoms with E-state index in [1.54, 1.807) is 0 Å². The van der Waals surface area contributed by atoms with E-state index in [-0.39, 0.29) is 25.5 Å². The molecule has 0 spiro atoms. The van der Waals surface area contributed by atoms with E-state index in [4.69, 9.17) is 16.2 Å². The van der Waals surface area contributed by atoms with E-state index >= 15 is 0 Å². The third kappa shape index (κ3) is 5.98. The van der Waals surface area contributed by atoms with Gasteiger partial charge in [0.1, 0.15) is 6.04 Å². The molecule has 0 aliphatic carbocycles. The molecule has 0 fully saturated rings. The van der Waals surface area contributed by atoms with E-state index in [1.807, 2.05) is 30.3 Å². The predicted octanol–water partition coefficient (Wildman–Crippen LogP) is -0.478. The Morgan fingerprint density at radius 3 is 2.53 bits per heavy atom. The van der Waals surface area contributed by atoms with Crippen LogP contribution in [0.4, 0.5) is 0 Å². The molecule has 6 nitrogen and oxygen atoms in total. The predicted molar refractivity (Wildman–Crippen MR) is 70.9 cm³/mol. The standard InChI is InChI=1S/C13H19N3O3/c14-7-6-12(17)16-11(13(15)18)9-19-8-10-4-2-1-3-5-10/h1-5,11H,6-9,14H2,(H2,15,18)(H,16,17)/t11-/m0/s1. The summed E-state index contributed by atoms with van der Waals surface area (Å²) in [5, 5.41) is 2.49. The zero-order valence-corrected chi connectivity index (χ0v) is 10.7. The lowest BCUT2D eigenvalue weighted by Gasteiger charge is -2.15. The molecule has 0 aliphatic rings. The average molecular weight is 265 g/mol. The fourth-order valence-electron chi connectivity index (χ4n) is 1.46. The van der Waals surface area contributed by atoms with Gasteiger partial charge in [-0.1, -0.05) is 30.3 Å². The minimum atomic E-state index is -0.831. The molecule has 0 saturated heterocycles. The second-order valence-corrected chi connectivity index (χ2v) is 4.06. The van der Waals surface area contributed by atoms with Gasteiger partial charge in [-0.05, 0) is 5.56 Å². The van der Waals surface area contributed by atoms with E-state index in [2.05, 4.69) is 5.32 Å². The van der Waals surface area contributed by atoms with Crippen LogP contribution in [0.1, 0.15) is 12.0 Å². The van der Waals surface area contributed by atoms with Crippen molar-refractivity contribution < 1.29 is 14.3 Å². The van der Waals surface area contributed by atoms with Crippen molar-refractivity contribution in [1.82, 2.24) is 5.32 Å². The molecule has 0 aliphatic heterocycles. The van der Waals surface area contributed by atoms with Gasteiger partial charge in [-0.3, -0.25) is 9.59 Å². The van der Waals surface area contributed by atoms with Gasteiger partial charge < -0.3 is 21.5 Å². The molecule has 19 heavy (non-hydrogen) atoms. The molecular formula is C13H19N3O3. The van der Waals surface area contributed by atoms with Crippen LogP contribution in [-0.2, 0) is 20.9 Å². The van der Waals surface area contributed by atoms with Crippen molar-refractivity contribution in [3.8, 4) is 0 Å². The molecule has 0 radical (unpaired) electrons. The number of carbonyl (C=O) groups is 2. The molecule has 6 heteroatoms. The number of rotatable bonds is 8. The first-order valence-corrected chi connectivity index (χ1v) is 6.04. The highest BCUT2D eigenvalue weighted by Crippen LogP contribution is 2.01. The minimum absolute atomic E-state index is 0.0422. The van der Waals surface area contributed by atoms with Crippen LogP contribution in [0, 0.1) is 0 Å². The molecule has 1 aromatic rings. The quantitative estimate of drug-likeness (QED) is 0.590. The molecule has 0 saturated carbocycles. The number of primary amides is 1. The summed E-state index contributed by atoms with van der Waals surface area (Å²) < 4.78 is 5.38. The molecule has 0 heterocycles. The summed E-state index contributed by atoms with van der Waals surface area (Å²) in [6.07, 6.45) is 0.155. The highest BCUT2D eigenvalue weighted by molar-refractivity contribution is 5.86. The van der Waals surface area contributed by atoms with Gasteiger partial charge in [0.25, 0.3) is 0 Å². The van der Waals surface area contributed by atoms with Crippen molar-refractivity contribution in [2.75, 3.05) is 13.2 Å². The summed E-state index contributed by atoms with van der Waals surface area (Å²) in [7, 11) is 0. The number of hydrogen-bond acceptors (Lipinski definition) is 4.